The zero-order valence-corrected chi connectivity index (χ0v) is 16.4. The molecule has 0 saturated carbocycles. The number of methoxy groups -OCH3 is 1. The summed E-state index contributed by atoms with van der Waals surface area (Å²) < 4.78 is 16.2. The molecule has 9 heteroatoms. The fourth-order valence-corrected chi connectivity index (χ4v) is 2.71. The van der Waals surface area contributed by atoms with Gasteiger partial charge >= 0.3 is 5.97 Å². The van der Waals surface area contributed by atoms with Crippen molar-refractivity contribution in [1.29, 1.82) is 5.26 Å². The molecular formula is C21H19N5O4. The van der Waals surface area contributed by atoms with Crippen LogP contribution in [0.4, 0.5) is 11.8 Å². The first-order valence-corrected chi connectivity index (χ1v) is 8.93. The minimum Gasteiger partial charge on any atom is -0.497 e. The van der Waals surface area contributed by atoms with Crippen molar-refractivity contribution in [3.63, 3.8) is 0 Å². The van der Waals surface area contributed by atoms with Crippen LogP contribution in [0, 0.1) is 11.3 Å². The number of ether oxygens (including phenoxy) is 3. The maximum atomic E-state index is 12.5. The maximum absolute atomic E-state index is 12.5. The molecule has 0 bridgehead atoms. The van der Waals surface area contributed by atoms with Crippen LogP contribution in [0.5, 0.6) is 17.2 Å². The van der Waals surface area contributed by atoms with Gasteiger partial charge in [0.1, 0.15) is 23.2 Å². The monoisotopic (exact) mass is 405 g/mol. The fourth-order valence-electron chi connectivity index (χ4n) is 2.71. The standard InChI is InChI=1S/C21H19N5O4/c1-3-29-17-10-13(18-15(11-22)19(23)26-21(24)25-18)6-9-16(17)30-20(27)12-4-7-14(28-2)8-5-12/h4-10H,3H2,1-2H3,(H4,23,24,25,26). The highest BCUT2D eigenvalue weighted by Gasteiger charge is 2.18. The molecule has 0 atom stereocenters. The average Bonchev–Trinajstić information content (AvgIpc) is 2.74. The van der Waals surface area contributed by atoms with E-state index in [-0.39, 0.29) is 28.8 Å². The summed E-state index contributed by atoms with van der Waals surface area (Å²) in [6, 6.07) is 13.3. The number of hydrogen-bond donors (Lipinski definition) is 2. The van der Waals surface area contributed by atoms with Gasteiger partial charge in [0.15, 0.2) is 11.5 Å². The Labute approximate surface area is 172 Å². The van der Waals surface area contributed by atoms with E-state index in [0.717, 1.165) is 0 Å². The Morgan fingerprint density at radius 1 is 1.10 bits per heavy atom. The maximum Gasteiger partial charge on any atom is 0.343 e. The molecule has 0 saturated heterocycles. The Bertz CT molecular complexity index is 1120. The number of rotatable bonds is 6. The second-order valence-electron chi connectivity index (χ2n) is 6.02. The third-order valence-electron chi connectivity index (χ3n) is 4.11. The number of benzene rings is 2. The van der Waals surface area contributed by atoms with Gasteiger partial charge in [0.2, 0.25) is 5.95 Å². The van der Waals surface area contributed by atoms with Crippen LogP contribution in [0.3, 0.4) is 0 Å². The number of anilines is 2. The average molecular weight is 405 g/mol. The number of nitrogen functional groups attached to an aromatic ring is 2. The lowest BCUT2D eigenvalue weighted by molar-refractivity contribution is 0.0728. The van der Waals surface area contributed by atoms with Crippen molar-refractivity contribution in [1.82, 2.24) is 9.97 Å². The summed E-state index contributed by atoms with van der Waals surface area (Å²) in [4.78, 5) is 20.4. The molecule has 3 aromatic rings. The van der Waals surface area contributed by atoms with Gasteiger partial charge in [-0.2, -0.15) is 10.2 Å². The zero-order valence-electron chi connectivity index (χ0n) is 16.4. The van der Waals surface area contributed by atoms with E-state index >= 15 is 0 Å². The second-order valence-corrected chi connectivity index (χ2v) is 6.02. The first kappa shape index (κ1) is 20.4. The van der Waals surface area contributed by atoms with Crippen LogP contribution in [0.25, 0.3) is 11.3 Å². The molecule has 0 aliphatic rings. The smallest absolute Gasteiger partial charge is 0.343 e. The quantitative estimate of drug-likeness (QED) is 0.466. The van der Waals surface area contributed by atoms with Crippen LogP contribution in [0.15, 0.2) is 42.5 Å². The molecule has 3 rings (SSSR count). The summed E-state index contributed by atoms with van der Waals surface area (Å²) in [6.07, 6.45) is 0. The van der Waals surface area contributed by atoms with Gasteiger partial charge in [0, 0.05) is 5.56 Å². The van der Waals surface area contributed by atoms with Gasteiger partial charge in [-0.05, 0) is 49.4 Å². The molecule has 0 unspecified atom stereocenters. The van der Waals surface area contributed by atoms with E-state index in [4.69, 9.17) is 25.7 Å². The predicted octanol–water partition coefficient (Wildman–Crippen LogP) is 2.81. The van der Waals surface area contributed by atoms with Gasteiger partial charge in [-0.3, -0.25) is 0 Å². The van der Waals surface area contributed by atoms with Gasteiger partial charge in [-0.25, -0.2) is 9.78 Å². The molecular weight excluding hydrogens is 386 g/mol. The molecule has 0 aliphatic carbocycles. The van der Waals surface area contributed by atoms with Crippen LogP contribution in [-0.2, 0) is 0 Å². The fraction of sp³-hybridized carbons (Fsp3) is 0.143. The molecule has 0 fully saturated rings. The molecule has 0 amide bonds. The minimum atomic E-state index is -0.556. The van der Waals surface area contributed by atoms with Crippen molar-refractivity contribution >= 4 is 17.7 Å². The number of nitriles is 1. The van der Waals surface area contributed by atoms with E-state index in [9.17, 15) is 10.1 Å². The Morgan fingerprint density at radius 2 is 1.83 bits per heavy atom. The van der Waals surface area contributed by atoms with E-state index in [0.29, 0.717) is 29.2 Å². The highest BCUT2D eigenvalue weighted by Crippen LogP contribution is 2.35. The molecule has 2 aromatic carbocycles. The van der Waals surface area contributed by atoms with Crippen LogP contribution in [0.1, 0.15) is 22.8 Å². The van der Waals surface area contributed by atoms with E-state index in [1.54, 1.807) is 56.5 Å². The molecule has 0 spiro atoms. The van der Waals surface area contributed by atoms with E-state index in [1.807, 2.05) is 6.07 Å². The number of esters is 1. The molecule has 4 N–H and O–H groups in total. The molecule has 1 heterocycles. The van der Waals surface area contributed by atoms with Crippen LogP contribution >= 0.6 is 0 Å². The number of aromatic nitrogens is 2. The minimum absolute atomic E-state index is 0.0204. The van der Waals surface area contributed by atoms with Gasteiger partial charge in [-0.1, -0.05) is 0 Å². The molecule has 1 aromatic heterocycles. The summed E-state index contributed by atoms with van der Waals surface area (Å²) in [5.41, 5.74) is 12.7. The summed E-state index contributed by atoms with van der Waals surface area (Å²) >= 11 is 0. The Hall–Kier alpha value is -4.32. The molecule has 9 nitrogen and oxygen atoms in total. The Kier molecular flexibility index (Phi) is 5.98. The Morgan fingerprint density at radius 3 is 2.47 bits per heavy atom. The number of carbonyl (C=O) groups excluding carboxylic acids is 1. The zero-order chi connectivity index (χ0) is 21.7. The third kappa shape index (κ3) is 4.23. The lowest BCUT2D eigenvalue weighted by atomic mass is 10.1. The number of nitrogens with zero attached hydrogens (tertiary/aromatic N) is 3. The normalized spacial score (nSPS) is 10.2. The third-order valence-corrected chi connectivity index (χ3v) is 4.11. The first-order chi connectivity index (χ1) is 14.5. The van der Waals surface area contributed by atoms with Gasteiger partial charge < -0.3 is 25.7 Å². The van der Waals surface area contributed by atoms with Crippen molar-refractivity contribution < 1.29 is 19.0 Å². The predicted molar refractivity (Wildman–Crippen MR) is 110 cm³/mol. The van der Waals surface area contributed by atoms with Crippen molar-refractivity contribution in [2.45, 2.75) is 6.92 Å². The Balaban J connectivity index is 1.96. The largest absolute Gasteiger partial charge is 0.497 e. The first-order valence-electron chi connectivity index (χ1n) is 8.93. The molecule has 30 heavy (non-hydrogen) atoms. The van der Waals surface area contributed by atoms with Crippen LogP contribution < -0.4 is 25.7 Å². The van der Waals surface area contributed by atoms with Crippen molar-refractivity contribution in [3.05, 3.63) is 53.6 Å². The molecule has 152 valence electrons. The van der Waals surface area contributed by atoms with Gasteiger partial charge in [-0.15, -0.1) is 0 Å². The van der Waals surface area contributed by atoms with Crippen LogP contribution in [0.2, 0.25) is 0 Å². The summed E-state index contributed by atoms with van der Waals surface area (Å²) in [5, 5.41) is 9.40. The van der Waals surface area contributed by atoms with E-state index < -0.39 is 5.97 Å². The second kappa shape index (κ2) is 8.79. The SMILES string of the molecule is CCOc1cc(-c2nc(N)nc(N)c2C#N)ccc1OC(=O)c1ccc(OC)cc1. The van der Waals surface area contributed by atoms with E-state index in [1.165, 1.54) is 0 Å². The number of nitrogens with two attached hydrogens (primary N) is 2. The lowest BCUT2D eigenvalue weighted by Gasteiger charge is -2.13. The number of hydrogen-bond acceptors (Lipinski definition) is 9. The summed E-state index contributed by atoms with van der Waals surface area (Å²) in [7, 11) is 1.54. The number of carbonyl (C=O) groups is 1. The van der Waals surface area contributed by atoms with Gasteiger partial charge in [0.25, 0.3) is 0 Å². The molecule has 0 aliphatic heterocycles. The van der Waals surface area contributed by atoms with Gasteiger partial charge in [0.05, 0.1) is 25.0 Å². The topological polar surface area (TPSA) is 146 Å². The highest BCUT2D eigenvalue weighted by molar-refractivity contribution is 5.91. The molecule has 0 radical (unpaired) electrons. The van der Waals surface area contributed by atoms with Crippen molar-refractivity contribution in [3.8, 4) is 34.6 Å². The summed E-state index contributed by atoms with van der Waals surface area (Å²) in [6.45, 7) is 2.12. The van der Waals surface area contributed by atoms with Crippen LogP contribution in [-0.4, -0.2) is 29.7 Å². The summed E-state index contributed by atoms with van der Waals surface area (Å²) in [5.74, 6) is 0.510. The van der Waals surface area contributed by atoms with E-state index in [2.05, 4.69) is 9.97 Å². The lowest BCUT2D eigenvalue weighted by Crippen LogP contribution is -2.10. The van der Waals surface area contributed by atoms with Crippen molar-refractivity contribution in [2.75, 3.05) is 25.2 Å². The van der Waals surface area contributed by atoms with Crippen molar-refractivity contribution in [2.24, 2.45) is 0 Å². The highest BCUT2D eigenvalue weighted by atomic mass is 16.6.